The molecule has 2 nitrogen and oxygen atoms in total. The molecule has 0 radical (unpaired) electrons. The number of rotatable bonds is 3. The Balaban J connectivity index is 1.93. The van der Waals surface area contributed by atoms with Crippen molar-refractivity contribution < 1.29 is 4.74 Å². The van der Waals surface area contributed by atoms with Crippen LogP contribution in [0.25, 0.3) is 0 Å². The number of methoxy groups -OCH3 is 1. The van der Waals surface area contributed by atoms with Crippen LogP contribution in [0.4, 0.5) is 5.69 Å². The van der Waals surface area contributed by atoms with Crippen LogP contribution in [0.2, 0.25) is 10.0 Å². The first-order valence-electron chi connectivity index (χ1n) is 6.69. The van der Waals surface area contributed by atoms with Gasteiger partial charge in [0.15, 0.2) is 0 Å². The van der Waals surface area contributed by atoms with Crippen LogP contribution < -0.4 is 10.1 Å². The molecule has 1 unspecified atom stereocenters. The highest BCUT2D eigenvalue weighted by Crippen LogP contribution is 2.40. The zero-order chi connectivity index (χ0) is 14.8. The maximum absolute atomic E-state index is 6.15. The molecule has 5 heteroatoms. The molecule has 1 atom stereocenters. The molecule has 0 bridgehead atoms. The van der Waals surface area contributed by atoms with Gasteiger partial charge in [0.05, 0.1) is 18.8 Å². The van der Waals surface area contributed by atoms with Gasteiger partial charge in [0.1, 0.15) is 5.75 Å². The van der Waals surface area contributed by atoms with Gasteiger partial charge in [-0.1, -0.05) is 23.2 Å². The molecule has 0 aliphatic carbocycles. The molecule has 21 heavy (non-hydrogen) atoms. The molecule has 3 rings (SSSR count). The summed E-state index contributed by atoms with van der Waals surface area (Å²) in [6, 6.07) is 11.9. The van der Waals surface area contributed by atoms with E-state index in [9.17, 15) is 0 Å². The fourth-order valence-corrected chi connectivity index (χ4v) is 3.95. The Morgan fingerprint density at radius 3 is 2.71 bits per heavy atom. The third-order valence-electron chi connectivity index (χ3n) is 3.50. The number of anilines is 1. The van der Waals surface area contributed by atoms with Gasteiger partial charge in [-0.25, -0.2) is 0 Å². The fraction of sp³-hybridized carbons (Fsp3) is 0.250. The van der Waals surface area contributed by atoms with E-state index < -0.39 is 0 Å². The highest BCUT2D eigenvalue weighted by Gasteiger charge is 2.22. The second kappa shape index (κ2) is 6.39. The van der Waals surface area contributed by atoms with Crippen LogP contribution in [0.1, 0.15) is 18.0 Å². The Morgan fingerprint density at radius 2 is 1.90 bits per heavy atom. The summed E-state index contributed by atoms with van der Waals surface area (Å²) in [6.07, 6.45) is 1.04. The van der Waals surface area contributed by atoms with E-state index >= 15 is 0 Å². The number of ether oxygens (including phenoxy) is 1. The number of hydrogen-bond acceptors (Lipinski definition) is 3. The lowest BCUT2D eigenvalue weighted by molar-refractivity contribution is 0.416. The monoisotopic (exact) mass is 339 g/mol. The zero-order valence-corrected chi connectivity index (χ0v) is 13.9. The van der Waals surface area contributed by atoms with Gasteiger partial charge in [-0.3, -0.25) is 0 Å². The highest BCUT2D eigenvalue weighted by molar-refractivity contribution is 7.99. The normalized spacial score (nSPS) is 17.2. The van der Waals surface area contributed by atoms with Gasteiger partial charge >= 0.3 is 0 Å². The molecule has 1 aliphatic rings. The summed E-state index contributed by atoms with van der Waals surface area (Å²) in [6.45, 7) is 0. The molecule has 0 aromatic heterocycles. The predicted molar refractivity (Wildman–Crippen MR) is 91.2 cm³/mol. The Labute approximate surface area is 138 Å². The van der Waals surface area contributed by atoms with Crippen molar-refractivity contribution in [1.29, 1.82) is 0 Å². The molecule has 0 fully saturated rings. The third-order valence-corrected chi connectivity index (χ3v) is 5.10. The molecule has 1 aliphatic heterocycles. The van der Waals surface area contributed by atoms with Gasteiger partial charge in [0.25, 0.3) is 0 Å². The molecule has 2 aromatic rings. The zero-order valence-electron chi connectivity index (χ0n) is 11.5. The van der Waals surface area contributed by atoms with E-state index in [1.807, 2.05) is 42.1 Å². The maximum atomic E-state index is 6.15. The van der Waals surface area contributed by atoms with Crippen LogP contribution in [0, 0.1) is 0 Å². The lowest BCUT2D eigenvalue weighted by Gasteiger charge is -2.27. The van der Waals surface area contributed by atoms with Gasteiger partial charge < -0.3 is 10.1 Å². The van der Waals surface area contributed by atoms with Crippen molar-refractivity contribution in [2.45, 2.75) is 17.4 Å². The fourth-order valence-electron chi connectivity index (χ4n) is 2.50. The number of hydrogen-bond donors (Lipinski definition) is 1. The van der Waals surface area contributed by atoms with Crippen molar-refractivity contribution in [3.05, 3.63) is 52.0 Å². The topological polar surface area (TPSA) is 21.3 Å². The number of fused-ring (bicyclic) bond motifs is 1. The average Bonchev–Trinajstić information content (AvgIpc) is 2.48. The van der Waals surface area contributed by atoms with Gasteiger partial charge in [-0.05, 0) is 48.4 Å². The minimum absolute atomic E-state index is 0.215. The van der Waals surface area contributed by atoms with E-state index in [1.165, 1.54) is 10.5 Å². The van der Waals surface area contributed by atoms with E-state index in [1.54, 1.807) is 7.11 Å². The smallest absolute Gasteiger partial charge is 0.142 e. The van der Waals surface area contributed by atoms with Gasteiger partial charge in [0, 0.05) is 20.7 Å². The molecule has 0 spiro atoms. The molecule has 110 valence electrons. The second-order valence-electron chi connectivity index (χ2n) is 4.86. The number of halogens is 2. The molecule has 1 heterocycles. The molecular weight excluding hydrogens is 325 g/mol. The Morgan fingerprint density at radius 1 is 1.14 bits per heavy atom. The quantitative estimate of drug-likeness (QED) is 0.780. The summed E-state index contributed by atoms with van der Waals surface area (Å²) in [7, 11) is 1.66. The van der Waals surface area contributed by atoms with Crippen molar-refractivity contribution >= 4 is 40.7 Å². The minimum Gasteiger partial charge on any atom is -0.495 e. The summed E-state index contributed by atoms with van der Waals surface area (Å²) in [5, 5.41) is 5.00. The molecule has 0 amide bonds. The number of benzene rings is 2. The van der Waals surface area contributed by atoms with Crippen molar-refractivity contribution in [1.82, 2.24) is 0 Å². The average molecular weight is 340 g/mol. The van der Waals surface area contributed by atoms with E-state index in [0.717, 1.165) is 28.6 Å². The number of thioether (sulfide) groups is 1. The van der Waals surface area contributed by atoms with E-state index in [0.29, 0.717) is 5.02 Å². The van der Waals surface area contributed by atoms with Crippen LogP contribution >= 0.6 is 35.0 Å². The summed E-state index contributed by atoms with van der Waals surface area (Å²) in [4.78, 5) is 1.28. The SMILES string of the molecule is COc1ccc(Cl)cc1NC1CCSc2ccc(Cl)cc21. The van der Waals surface area contributed by atoms with E-state index in [4.69, 9.17) is 27.9 Å². The lowest BCUT2D eigenvalue weighted by atomic mass is 10.0. The standard InChI is InChI=1S/C16H15Cl2NOS/c1-20-15-4-2-11(18)9-14(15)19-13-6-7-21-16-5-3-10(17)8-12(13)16/h2-5,8-9,13,19H,6-7H2,1H3. The summed E-state index contributed by atoms with van der Waals surface area (Å²) in [5.41, 5.74) is 2.15. The molecule has 1 N–H and O–H groups in total. The number of nitrogens with one attached hydrogen (secondary N) is 1. The molecule has 0 saturated heterocycles. The first-order chi connectivity index (χ1) is 10.2. The third kappa shape index (κ3) is 3.25. The van der Waals surface area contributed by atoms with Crippen molar-refractivity contribution in [2.24, 2.45) is 0 Å². The van der Waals surface area contributed by atoms with Crippen LogP contribution in [-0.2, 0) is 0 Å². The van der Waals surface area contributed by atoms with Gasteiger partial charge in [0.2, 0.25) is 0 Å². The van der Waals surface area contributed by atoms with Crippen LogP contribution in [0.3, 0.4) is 0 Å². The second-order valence-corrected chi connectivity index (χ2v) is 6.87. The van der Waals surface area contributed by atoms with Crippen LogP contribution in [-0.4, -0.2) is 12.9 Å². The van der Waals surface area contributed by atoms with E-state index in [-0.39, 0.29) is 6.04 Å². The summed E-state index contributed by atoms with van der Waals surface area (Å²) in [5.74, 6) is 1.87. The Bertz CT molecular complexity index is 663. The predicted octanol–water partition coefficient (Wildman–Crippen LogP) is 5.65. The minimum atomic E-state index is 0.215. The van der Waals surface area contributed by atoms with Gasteiger partial charge in [-0.2, -0.15) is 0 Å². The van der Waals surface area contributed by atoms with Crippen LogP contribution in [0.15, 0.2) is 41.3 Å². The first-order valence-corrected chi connectivity index (χ1v) is 8.44. The van der Waals surface area contributed by atoms with E-state index in [2.05, 4.69) is 11.4 Å². The molecule has 2 aromatic carbocycles. The largest absolute Gasteiger partial charge is 0.495 e. The summed E-state index contributed by atoms with van der Waals surface area (Å²) >= 11 is 14.1. The lowest BCUT2D eigenvalue weighted by Crippen LogP contribution is -2.16. The highest BCUT2D eigenvalue weighted by atomic mass is 35.5. The summed E-state index contributed by atoms with van der Waals surface area (Å²) < 4.78 is 5.40. The van der Waals surface area contributed by atoms with Crippen molar-refractivity contribution in [2.75, 3.05) is 18.2 Å². The first kappa shape index (κ1) is 14.9. The van der Waals surface area contributed by atoms with Crippen molar-refractivity contribution in [3.8, 4) is 5.75 Å². The van der Waals surface area contributed by atoms with Crippen molar-refractivity contribution in [3.63, 3.8) is 0 Å². The van der Waals surface area contributed by atoms with Gasteiger partial charge in [-0.15, -0.1) is 11.8 Å². The Hall–Kier alpha value is -1.03. The molecule has 0 saturated carbocycles. The maximum Gasteiger partial charge on any atom is 0.142 e. The Kier molecular flexibility index (Phi) is 4.53. The van der Waals surface area contributed by atoms with Crippen LogP contribution in [0.5, 0.6) is 5.75 Å². The molecular formula is C16H15Cl2NOS.